The van der Waals surface area contributed by atoms with Gasteiger partial charge in [0.15, 0.2) is 0 Å². The smallest absolute Gasteiger partial charge is 0.251 e. The maximum absolute atomic E-state index is 12.8. The first kappa shape index (κ1) is 17.8. The molecule has 27 heavy (non-hydrogen) atoms. The number of carbonyl (C=O) groups excluding carboxylic acids is 2. The van der Waals surface area contributed by atoms with Crippen LogP contribution in [-0.2, 0) is 17.6 Å². The molecule has 0 unspecified atom stereocenters. The van der Waals surface area contributed by atoms with Crippen LogP contribution in [0.1, 0.15) is 65.7 Å². The Balaban J connectivity index is 1.48. The lowest BCUT2D eigenvalue weighted by atomic mass is 9.89. The summed E-state index contributed by atoms with van der Waals surface area (Å²) < 4.78 is 0. The van der Waals surface area contributed by atoms with Gasteiger partial charge in [0.05, 0.1) is 6.04 Å². The van der Waals surface area contributed by atoms with E-state index in [2.05, 4.69) is 23.5 Å². The van der Waals surface area contributed by atoms with Crippen molar-refractivity contribution in [3.63, 3.8) is 0 Å². The van der Waals surface area contributed by atoms with Gasteiger partial charge in [-0.3, -0.25) is 9.59 Å². The Morgan fingerprint density at radius 3 is 2.59 bits per heavy atom. The molecule has 0 aromatic heterocycles. The van der Waals surface area contributed by atoms with Gasteiger partial charge in [-0.25, -0.2) is 0 Å². The molecule has 0 bridgehead atoms. The summed E-state index contributed by atoms with van der Waals surface area (Å²) in [5.74, 6) is 0.0312. The zero-order valence-electron chi connectivity index (χ0n) is 15.8. The Labute approximate surface area is 160 Å². The number of carbonyl (C=O) groups is 2. The molecule has 2 aromatic rings. The fourth-order valence-electron chi connectivity index (χ4n) is 4.12. The second-order valence-electron chi connectivity index (χ2n) is 7.63. The predicted molar refractivity (Wildman–Crippen MR) is 107 cm³/mol. The molecule has 1 atom stereocenters. The third-order valence-electron chi connectivity index (χ3n) is 5.71. The Kier molecular flexibility index (Phi) is 4.97. The van der Waals surface area contributed by atoms with E-state index in [0.29, 0.717) is 12.0 Å². The Bertz CT molecular complexity index is 874. The summed E-state index contributed by atoms with van der Waals surface area (Å²) in [6, 6.07) is 13.9. The maximum atomic E-state index is 12.8. The average molecular weight is 362 g/mol. The highest BCUT2D eigenvalue weighted by Crippen LogP contribution is 2.26. The van der Waals surface area contributed by atoms with E-state index in [1.807, 2.05) is 25.1 Å². The van der Waals surface area contributed by atoms with E-state index < -0.39 is 0 Å². The van der Waals surface area contributed by atoms with Crippen molar-refractivity contribution in [2.45, 2.75) is 51.5 Å². The highest BCUT2D eigenvalue weighted by Gasteiger charge is 2.22. The summed E-state index contributed by atoms with van der Waals surface area (Å²) in [6.45, 7) is 2.76. The van der Waals surface area contributed by atoms with Crippen LogP contribution >= 0.6 is 0 Å². The number of nitrogens with one attached hydrogen (secondary N) is 1. The number of hydrogen-bond donors (Lipinski definition) is 1. The Morgan fingerprint density at radius 2 is 1.81 bits per heavy atom. The minimum Gasteiger partial charge on any atom is -0.346 e. The number of hydrogen-bond acceptors (Lipinski definition) is 2. The van der Waals surface area contributed by atoms with Crippen LogP contribution < -0.4 is 10.2 Å². The van der Waals surface area contributed by atoms with Crippen molar-refractivity contribution in [2.75, 3.05) is 11.4 Å². The van der Waals surface area contributed by atoms with E-state index in [-0.39, 0.29) is 17.9 Å². The van der Waals surface area contributed by atoms with E-state index in [4.69, 9.17) is 0 Å². The van der Waals surface area contributed by atoms with Crippen LogP contribution in [0.25, 0.3) is 0 Å². The second-order valence-corrected chi connectivity index (χ2v) is 7.63. The molecule has 0 spiro atoms. The van der Waals surface area contributed by atoms with Gasteiger partial charge in [0, 0.05) is 24.2 Å². The van der Waals surface area contributed by atoms with Crippen LogP contribution in [0.4, 0.5) is 5.69 Å². The van der Waals surface area contributed by atoms with E-state index in [0.717, 1.165) is 30.6 Å². The van der Waals surface area contributed by atoms with Crippen LogP contribution in [0.2, 0.25) is 0 Å². The van der Waals surface area contributed by atoms with Crippen LogP contribution in [0.5, 0.6) is 0 Å². The minimum absolute atomic E-state index is 0.0539. The van der Waals surface area contributed by atoms with Crippen molar-refractivity contribution in [3.05, 3.63) is 64.7 Å². The number of aryl methyl sites for hydroxylation is 2. The van der Waals surface area contributed by atoms with Gasteiger partial charge in [-0.05, 0) is 73.9 Å². The molecule has 4 rings (SSSR count). The molecule has 2 aromatic carbocycles. The fourth-order valence-corrected chi connectivity index (χ4v) is 4.12. The van der Waals surface area contributed by atoms with E-state index in [1.54, 1.807) is 11.0 Å². The molecule has 1 N–H and O–H groups in total. The second kappa shape index (κ2) is 7.55. The number of amides is 2. The molecule has 0 radical (unpaired) electrons. The average Bonchev–Trinajstić information content (AvgIpc) is 3.13. The Morgan fingerprint density at radius 1 is 1.00 bits per heavy atom. The predicted octanol–water partition coefficient (Wildman–Crippen LogP) is 4.18. The van der Waals surface area contributed by atoms with Crippen molar-refractivity contribution in [3.8, 4) is 0 Å². The minimum atomic E-state index is -0.103. The van der Waals surface area contributed by atoms with E-state index in [9.17, 15) is 9.59 Å². The molecule has 4 nitrogen and oxygen atoms in total. The summed E-state index contributed by atoms with van der Waals surface area (Å²) in [5.41, 5.74) is 5.43. The summed E-state index contributed by atoms with van der Waals surface area (Å²) in [7, 11) is 0. The molecule has 2 amide bonds. The summed E-state index contributed by atoms with van der Waals surface area (Å²) in [4.78, 5) is 26.5. The SMILES string of the molecule is C[C@H](NC(=O)c1cccc(N2CCCC2=O)c1)c1ccc2c(c1)CCCC2. The maximum Gasteiger partial charge on any atom is 0.251 e. The van der Waals surface area contributed by atoms with Crippen LogP contribution in [0, 0.1) is 0 Å². The molecular weight excluding hydrogens is 336 g/mol. The lowest BCUT2D eigenvalue weighted by Gasteiger charge is -2.20. The zero-order chi connectivity index (χ0) is 18.8. The lowest BCUT2D eigenvalue weighted by Crippen LogP contribution is -2.28. The number of rotatable bonds is 4. The lowest BCUT2D eigenvalue weighted by molar-refractivity contribution is -0.117. The topological polar surface area (TPSA) is 49.4 Å². The number of anilines is 1. The van der Waals surface area contributed by atoms with Crippen LogP contribution in [-0.4, -0.2) is 18.4 Å². The largest absolute Gasteiger partial charge is 0.346 e. The first-order chi connectivity index (χ1) is 13.1. The molecule has 1 fully saturated rings. The van der Waals surface area contributed by atoms with Crippen LogP contribution in [0.15, 0.2) is 42.5 Å². The highest BCUT2D eigenvalue weighted by molar-refractivity contribution is 5.99. The third-order valence-corrected chi connectivity index (χ3v) is 5.71. The standard InChI is InChI=1S/C23H26N2O2/c1-16(18-12-11-17-6-2-3-7-19(17)14-18)24-23(27)20-8-4-9-21(15-20)25-13-5-10-22(25)26/h4,8-9,11-12,14-16H,2-3,5-7,10,13H2,1H3,(H,24,27)/t16-/m0/s1. The van der Waals surface area contributed by atoms with Crippen LogP contribution in [0.3, 0.4) is 0 Å². The molecule has 1 heterocycles. The van der Waals surface area contributed by atoms with Gasteiger partial charge in [-0.1, -0.05) is 24.3 Å². The molecule has 4 heteroatoms. The first-order valence-electron chi connectivity index (χ1n) is 9.95. The van der Waals surface area contributed by atoms with Gasteiger partial charge in [0.25, 0.3) is 5.91 Å². The quantitative estimate of drug-likeness (QED) is 0.887. The van der Waals surface area contributed by atoms with E-state index >= 15 is 0 Å². The fraction of sp³-hybridized carbons (Fsp3) is 0.391. The summed E-state index contributed by atoms with van der Waals surface area (Å²) in [5, 5.41) is 3.11. The molecule has 1 saturated heterocycles. The molecule has 1 aliphatic carbocycles. The van der Waals surface area contributed by atoms with Gasteiger partial charge >= 0.3 is 0 Å². The van der Waals surface area contributed by atoms with Crippen molar-refractivity contribution >= 4 is 17.5 Å². The Hall–Kier alpha value is -2.62. The molecule has 1 aliphatic heterocycles. The van der Waals surface area contributed by atoms with Gasteiger partial charge in [0.1, 0.15) is 0 Å². The van der Waals surface area contributed by atoms with Gasteiger partial charge in [-0.15, -0.1) is 0 Å². The highest BCUT2D eigenvalue weighted by atomic mass is 16.2. The summed E-state index contributed by atoms with van der Waals surface area (Å²) in [6.07, 6.45) is 6.29. The van der Waals surface area contributed by atoms with E-state index in [1.165, 1.54) is 30.4 Å². The van der Waals surface area contributed by atoms with Crippen molar-refractivity contribution in [1.29, 1.82) is 0 Å². The van der Waals surface area contributed by atoms with Crippen molar-refractivity contribution < 1.29 is 9.59 Å². The first-order valence-corrected chi connectivity index (χ1v) is 9.95. The molecular formula is C23H26N2O2. The van der Waals surface area contributed by atoms with Gasteiger partial charge in [-0.2, -0.15) is 0 Å². The van der Waals surface area contributed by atoms with Crippen molar-refractivity contribution in [1.82, 2.24) is 5.32 Å². The molecule has 2 aliphatic rings. The van der Waals surface area contributed by atoms with Gasteiger partial charge in [0.2, 0.25) is 5.91 Å². The third kappa shape index (κ3) is 3.75. The zero-order valence-corrected chi connectivity index (χ0v) is 15.8. The molecule has 140 valence electrons. The monoisotopic (exact) mass is 362 g/mol. The molecule has 0 saturated carbocycles. The summed E-state index contributed by atoms with van der Waals surface area (Å²) >= 11 is 0. The number of fused-ring (bicyclic) bond motifs is 1. The van der Waals surface area contributed by atoms with Gasteiger partial charge < -0.3 is 10.2 Å². The van der Waals surface area contributed by atoms with Crippen molar-refractivity contribution in [2.24, 2.45) is 0 Å². The number of benzene rings is 2. The number of nitrogens with zero attached hydrogens (tertiary/aromatic N) is 1. The normalized spacial score (nSPS) is 17.5.